The van der Waals surface area contributed by atoms with Crippen LogP contribution < -0.4 is 19.5 Å². The van der Waals surface area contributed by atoms with Gasteiger partial charge in [0.1, 0.15) is 23.0 Å². The minimum absolute atomic E-state index is 0.201. The topological polar surface area (TPSA) is 94.1 Å². The summed E-state index contributed by atoms with van der Waals surface area (Å²) in [7, 11) is 1.62. The Kier molecular flexibility index (Phi) is 7.83. The molecule has 0 saturated carbocycles. The molecule has 4 rings (SSSR count). The van der Waals surface area contributed by atoms with Gasteiger partial charge in [-0.3, -0.25) is 9.59 Å². The molecule has 0 aromatic heterocycles. The van der Waals surface area contributed by atoms with Crippen LogP contribution in [0.1, 0.15) is 33.8 Å². The third-order valence-electron chi connectivity index (χ3n) is 5.68. The number of nitrogens with one attached hydrogen (secondary N) is 1. The number of benzene rings is 3. The Labute approximate surface area is 216 Å². The van der Waals surface area contributed by atoms with Crippen LogP contribution >= 0.6 is 27.5 Å². The highest BCUT2D eigenvalue weighted by Gasteiger charge is 2.29. The third kappa shape index (κ3) is 5.89. The monoisotopic (exact) mass is 559 g/mol. The van der Waals surface area contributed by atoms with Gasteiger partial charge in [0.2, 0.25) is 0 Å². The molecule has 2 N–H and O–H groups in total. The van der Waals surface area contributed by atoms with Gasteiger partial charge in [-0.1, -0.05) is 33.6 Å². The highest BCUT2D eigenvalue weighted by molar-refractivity contribution is 9.10. The number of methoxy groups -OCH3 is 1. The van der Waals surface area contributed by atoms with Crippen molar-refractivity contribution in [3.8, 4) is 23.0 Å². The van der Waals surface area contributed by atoms with E-state index in [-0.39, 0.29) is 10.9 Å². The van der Waals surface area contributed by atoms with Crippen LogP contribution in [0, 0.1) is 0 Å². The van der Waals surface area contributed by atoms with Crippen molar-refractivity contribution in [2.45, 2.75) is 18.8 Å². The van der Waals surface area contributed by atoms with E-state index in [0.717, 1.165) is 15.8 Å². The van der Waals surface area contributed by atoms with E-state index >= 15 is 0 Å². The summed E-state index contributed by atoms with van der Waals surface area (Å²) in [6.07, 6.45) is 1.02. The van der Waals surface area contributed by atoms with Gasteiger partial charge in [0.15, 0.2) is 0 Å². The van der Waals surface area contributed by atoms with Crippen molar-refractivity contribution in [1.82, 2.24) is 5.32 Å². The maximum atomic E-state index is 12.5. The molecule has 1 unspecified atom stereocenters. The number of carboxylic acids is 1. The number of halogens is 2. The summed E-state index contributed by atoms with van der Waals surface area (Å²) in [5.41, 5.74) is 2.03. The highest BCUT2D eigenvalue weighted by atomic mass is 79.9. The summed E-state index contributed by atoms with van der Waals surface area (Å²) in [4.78, 5) is 24.0. The van der Waals surface area contributed by atoms with E-state index in [2.05, 4.69) is 21.2 Å². The SMILES string of the molecule is COc1cc(Br)ccc1CCNC(=O)c1ccc(Oc2cc3c(cc2Cl)C(C(=O)O)CCO3)cc1. The maximum Gasteiger partial charge on any atom is 0.311 e. The van der Waals surface area contributed by atoms with Crippen LogP contribution in [-0.4, -0.2) is 37.2 Å². The first-order chi connectivity index (χ1) is 16.9. The number of hydrogen-bond donors (Lipinski definition) is 2. The lowest BCUT2D eigenvalue weighted by Crippen LogP contribution is -2.25. The van der Waals surface area contributed by atoms with Crippen LogP contribution in [0.2, 0.25) is 5.02 Å². The van der Waals surface area contributed by atoms with Crippen LogP contribution in [0.3, 0.4) is 0 Å². The second-order valence-corrected chi connectivity index (χ2v) is 9.26. The number of aliphatic carboxylic acids is 1. The maximum absolute atomic E-state index is 12.5. The van der Waals surface area contributed by atoms with Gasteiger partial charge in [0.05, 0.1) is 24.7 Å². The van der Waals surface area contributed by atoms with Crippen LogP contribution in [-0.2, 0) is 11.2 Å². The van der Waals surface area contributed by atoms with Crippen molar-refractivity contribution in [3.63, 3.8) is 0 Å². The molecule has 1 heterocycles. The molecule has 3 aromatic rings. The predicted molar refractivity (Wildman–Crippen MR) is 135 cm³/mol. The zero-order valence-electron chi connectivity index (χ0n) is 18.8. The largest absolute Gasteiger partial charge is 0.496 e. The van der Waals surface area contributed by atoms with Crippen molar-refractivity contribution in [1.29, 1.82) is 0 Å². The fraction of sp³-hybridized carbons (Fsp3) is 0.231. The van der Waals surface area contributed by atoms with Crippen molar-refractivity contribution in [2.24, 2.45) is 0 Å². The van der Waals surface area contributed by atoms with Crippen molar-refractivity contribution in [3.05, 3.63) is 80.8 Å². The quantitative estimate of drug-likeness (QED) is 0.360. The number of carboxylic acid groups (broad SMARTS) is 1. The standard InChI is InChI=1S/C26H23BrClNO6/c1-33-22-12-17(27)5-2-15(22)8-10-29-25(30)16-3-6-18(7-4-16)35-24-14-23-20(13-21(24)28)19(26(31)32)9-11-34-23/h2-7,12-14,19H,8-11H2,1H3,(H,29,30)(H,31,32). The fourth-order valence-corrected chi connectivity index (χ4v) is 4.41. The minimum Gasteiger partial charge on any atom is -0.496 e. The van der Waals surface area contributed by atoms with Gasteiger partial charge < -0.3 is 24.6 Å². The van der Waals surface area contributed by atoms with E-state index in [1.54, 1.807) is 43.5 Å². The molecular weight excluding hydrogens is 538 g/mol. The van der Waals surface area contributed by atoms with E-state index in [0.29, 0.717) is 54.4 Å². The van der Waals surface area contributed by atoms with Crippen LogP contribution in [0.25, 0.3) is 0 Å². The number of amides is 1. The zero-order chi connectivity index (χ0) is 24.9. The first-order valence-corrected chi connectivity index (χ1v) is 12.1. The lowest BCUT2D eigenvalue weighted by atomic mass is 9.93. The number of carbonyl (C=O) groups excluding carboxylic acids is 1. The van der Waals surface area contributed by atoms with Crippen molar-refractivity contribution < 1.29 is 28.9 Å². The van der Waals surface area contributed by atoms with E-state index in [4.69, 9.17) is 25.8 Å². The highest BCUT2D eigenvalue weighted by Crippen LogP contribution is 2.41. The molecule has 0 spiro atoms. The number of ether oxygens (including phenoxy) is 3. The molecule has 1 aliphatic heterocycles. The summed E-state index contributed by atoms with van der Waals surface area (Å²) in [5, 5.41) is 12.6. The summed E-state index contributed by atoms with van der Waals surface area (Å²) in [6.45, 7) is 0.764. The van der Waals surface area contributed by atoms with Gasteiger partial charge in [-0.15, -0.1) is 0 Å². The molecule has 1 aliphatic rings. The summed E-state index contributed by atoms with van der Waals surface area (Å²) >= 11 is 9.77. The molecule has 1 atom stereocenters. The lowest BCUT2D eigenvalue weighted by Gasteiger charge is -2.24. The lowest BCUT2D eigenvalue weighted by molar-refractivity contribution is -0.139. The number of hydrogen-bond acceptors (Lipinski definition) is 5. The van der Waals surface area contributed by atoms with Gasteiger partial charge in [0.25, 0.3) is 5.91 Å². The summed E-state index contributed by atoms with van der Waals surface area (Å²) in [6, 6.07) is 15.6. The molecule has 9 heteroatoms. The van der Waals surface area contributed by atoms with Crippen LogP contribution in [0.4, 0.5) is 0 Å². The Morgan fingerprint density at radius 2 is 1.91 bits per heavy atom. The average molecular weight is 561 g/mol. The van der Waals surface area contributed by atoms with Crippen molar-refractivity contribution in [2.75, 3.05) is 20.3 Å². The van der Waals surface area contributed by atoms with E-state index in [9.17, 15) is 14.7 Å². The minimum atomic E-state index is -0.913. The van der Waals surface area contributed by atoms with Gasteiger partial charge >= 0.3 is 5.97 Å². The Hall–Kier alpha value is -3.23. The zero-order valence-corrected chi connectivity index (χ0v) is 21.2. The Morgan fingerprint density at radius 3 is 2.63 bits per heavy atom. The molecule has 0 bridgehead atoms. The average Bonchev–Trinajstić information content (AvgIpc) is 2.85. The molecule has 1 amide bonds. The first kappa shape index (κ1) is 24.9. The summed E-state index contributed by atoms with van der Waals surface area (Å²) in [5.74, 6) is 0.261. The molecule has 3 aromatic carbocycles. The summed E-state index contributed by atoms with van der Waals surface area (Å²) < 4.78 is 17.8. The second-order valence-electron chi connectivity index (χ2n) is 7.94. The predicted octanol–water partition coefficient (Wildman–Crippen LogP) is 5.83. The molecule has 182 valence electrons. The Morgan fingerprint density at radius 1 is 1.14 bits per heavy atom. The normalized spacial score (nSPS) is 14.4. The first-order valence-electron chi connectivity index (χ1n) is 10.9. The Balaban J connectivity index is 1.38. The van der Waals surface area contributed by atoms with E-state index < -0.39 is 11.9 Å². The van der Waals surface area contributed by atoms with Gasteiger partial charge in [-0.2, -0.15) is 0 Å². The molecule has 0 fully saturated rings. The smallest absolute Gasteiger partial charge is 0.311 e. The van der Waals surface area contributed by atoms with E-state index in [1.165, 1.54) is 0 Å². The molecule has 0 saturated heterocycles. The second kappa shape index (κ2) is 11.0. The van der Waals surface area contributed by atoms with Gasteiger partial charge in [-0.25, -0.2) is 0 Å². The fourth-order valence-electron chi connectivity index (χ4n) is 3.86. The van der Waals surface area contributed by atoms with E-state index in [1.807, 2.05) is 18.2 Å². The number of carbonyl (C=O) groups is 2. The van der Waals surface area contributed by atoms with Crippen molar-refractivity contribution >= 4 is 39.4 Å². The number of rotatable bonds is 8. The van der Waals surface area contributed by atoms with Crippen LogP contribution in [0.15, 0.2) is 59.1 Å². The Bertz CT molecular complexity index is 1250. The molecule has 0 aliphatic carbocycles. The van der Waals surface area contributed by atoms with Gasteiger partial charge in [0, 0.05) is 28.2 Å². The number of fused-ring (bicyclic) bond motifs is 1. The third-order valence-corrected chi connectivity index (χ3v) is 6.46. The molecule has 7 nitrogen and oxygen atoms in total. The van der Waals surface area contributed by atoms with Gasteiger partial charge in [-0.05, 0) is 60.9 Å². The molecule has 35 heavy (non-hydrogen) atoms. The molecular formula is C26H23BrClNO6. The van der Waals surface area contributed by atoms with Crippen LogP contribution in [0.5, 0.6) is 23.0 Å². The molecule has 0 radical (unpaired) electrons.